The van der Waals surface area contributed by atoms with Gasteiger partial charge in [0.25, 0.3) is 0 Å². The van der Waals surface area contributed by atoms with Gasteiger partial charge in [-0.15, -0.1) is 0 Å². The van der Waals surface area contributed by atoms with Crippen LogP contribution in [0.1, 0.15) is 18.6 Å². The molecule has 1 aromatic carbocycles. The summed E-state index contributed by atoms with van der Waals surface area (Å²) in [6, 6.07) is 1.67. The highest BCUT2D eigenvalue weighted by atomic mass is 19.1. The molecule has 0 saturated heterocycles. The number of hydrogen-bond donors (Lipinski definition) is 4. The number of benzene rings is 1. The minimum atomic E-state index is -1.53. The maximum absolute atomic E-state index is 13.2. The molecule has 2 unspecified atom stereocenters. The van der Waals surface area contributed by atoms with E-state index in [2.05, 4.69) is 5.32 Å². The number of anilines is 1. The number of amides is 1. The Bertz CT molecular complexity index is 431. The summed E-state index contributed by atoms with van der Waals surface area (Å²) in [7, 11) is 0. The minimum absolute atomic E-state index is 0.156. The number of aliphatic hydroxyl groups is 2. The molecule has 5 nitrogen and oxygen atoms in total. The predicted octanol–water partition coefficient (Wildman–Crippen LogP) is 0.0774. The van der Waals surface area contributed by atoms with Crippen molar-refractivity contribution >= 4 is 11.6 Å². The van der Waals surface area contributed by atoms with E-state index >= 15 is 0 Å². The van der Waals surface area contributed by atoms with E-state index in [1.807, 2.05) is 0 Å². The van der Waals surface area contributed by atoms with Crippen LogP contribution in [0.5, 0.6) is 0 Å². The van der Waals surface area contributed by atoms with Crippen LogP contribution in [0.25, 0.3) is 0 Å². The minimum Gasteiger partial charge on any atom is -0.394 e. The first-order valence-electron chi connectivity index (χ1n) is 5.18. The summed E-state index contributed by atoms with van der Waals surface area (Å²) in [4.78, 5) is 10.6. The zero-order valence-corrected chi connectivity index (χ0v) is 9.65. The quantitative estimate of drug-likeness (QED) is 0.576. The number of carbonyl (C=O) groups excluding carboxylic acids is 1. The first-order valence-corrected chi connectivity index (χ1v) is 5.18. The van der Waals surface area contributed by atoms with Gasteiger partial charge in [0.05, 0.1) is 0 Å². The first-order chi connectivity index (χ1) is 8.32. The first kappa shape index (κ1) is 14.3. The number of halogens is 2. The molecule has 5 N–H and O–H groups in total. The van der Waals surface area contributed by atoms with Gasteiger partial charge in [-0.25, -0.2) is 8.78 Å². The lowest BCUT2D eigenvalue weighted by molar-refractivity contribution is -0.119. The number of nitrogen functional groups attached to an aromatic ring is 1. The van der Waals surface area contributed by atoms with Crippen molar-refractivity contribution in [1.82, 2.24) is 5.32 Å². The molecule has 0 bridgehead atoms. The van der Waals surface area contributed by atoms with Crippen LogP contribution in [0.2, 0.25) is 0 Å². The molecule has 1 amide bonds. The van der Waals surface area contributed by atoms with Gasteiger partial charge in [0.15, 0.2) is 0 Å². The Hall–Kier alpha value is -1.73. The fourth-order valence-electron chi connectivity index (χ4n) is 1.36. The van der Waals surface area contributed by atoms with Crippen LogP contribution in [0.3, 0.4) is 0 Å². The molecule has 0 aliphatic rings. The standard InChI is InChI=1S/C11H14F2N2O3/c1-5(16)15-4-9(17)11(18)6-2-7(12)10(14)8(13)3-6/h2-3,9,11,17-18H,4,14H2,1H3,(H,15,16). The molecule has 100 valence electrons. The highest BCUT2D eigenvalue weighted by Gasteiger charge is 2.21. The van der Waals surface area contributed by atoms with Crippen LogP contribution in [-0.2, 0) is 4.79 Å². The van der Waals surface area contributed by atoms with Crippen LogP contribution in [0.4, 0.5) is 14.5 Å². The van der Waals surface area contributed by atoms with Gasteiger partial charge in [0.1, 0.15) is 29.5 Å². The summed E-state index contributed by atoms with van der Waals surface area (Å²) in [6.07, 6.45) is -2.90. The van der Waals surface area contributed by atoms with Gasteiger partial charge in [-0.05, 0) is 17.7 Å². The Morgan fingerprint density at radius 3 is 2.33 bits per heavy atom. The van der Waals surface area contributed by atoms with Crippen LogP contribution in [0.15, 0.2) is 12.1 Å². The molecular weight excluding hydrogens is 246 g/mol. The molecule has 7 heteroatoms. The number of nitrogens with two attached hydrogens (primary N) is 1. The number of rotatable bonds is 4. The zero-order valence-electron chi connectivity index (χ0n) is 9.65. The molecular formula is C11H14F2N2O3. The average molecular weight is 260 g/mol. The second kappa shape index (κ2) is 5.74. The van der Waals surface area contributed by atoms with E-state index in [4.69, 9.17) is 5.73 Å². The van der Waals surface area contributed by atoms with Crippen molar-refractivity contribution in [2.45, 2.75) is 19.1 Å². The van der Waals surface area contributed by atoms with Crippen molar-refractivity contribution in [1.29, 1.82) is 0 Å². The maximum Gasteiger partial charge on any atom is 0.216 e. The average Bonchev–Trinajstić information content (AvgIpc) is 2.31. The summed E-state index contributed by atoms with van der Waals surface area (Å²) in [5.74, 6) is -2.43. The van der Waals surface area contributed by atoms with Gasteiger partial charge >= 0.3 is 0 Å². The highest BCUT2D eigenvalue weighted by molar-refractivity contribution is 5.72. The lowest BCUT2D eigenvalue weighted by atomic mass is 10.0. The number of carbonyl (C=O) groups is 1. The summed E-state index contributed by atoms with van der Waals surface area (Å²) in [5, 5.41) is 21.5. The molecule has 1 rings (SSSR count). The fourth-order valence-corrected chi connectivity index (χ4v) is 1.36. The van der Waals surface area contributed by atoms with Gasteiger partial charge < -0.3 is 21.3 Å². The van der Waals surface area contributed by atoms with Crippen LogP contribution in [-0.4, -0.2) is 28.8 Å². The van der Waals surface area contributed by atoms with Gasteiger partial charge in [-0.2, -0.15) is 0 Å². The Labute approximate surface area is 102 Å². The smallest absolute Gasteiger partial charge is 0.216 e. The van der Waals surface area contributed by atoms with Gasteiger partial charge in [-0.1, -0.05) is 0 Å². The third-order valence-electron chi connectivity index (χ3n) is 2.37. The van der Waals surface area contributed by atoms with Gasteiger partial charge in [0, 0.05) is 13.5 Å². The topological polar surface area (TPSA) is 95.6 Å². The highest BCUT2D eigenvalue weighted by Crippen LogP contribution is 2.23. The van der Waals surface area contributed by atoms with Crippen molar-refractivity contribution in [3.05, 3.63) is 29.3 Å². The second-order valence-electron chi connectivity index (χ2n) is 3.85. The molecule has 0 fully saturated rings. The molecule has 0 aliphatic carbocycles. The molecule has 2 atom stereocenters. The van der Waals surface area contributed by atoms with E-state index in [0.717, 1.165) is 12.1 Å². The van der Waals surface area contributed by atoms with Crippen LogP contribution < -0.4 is 11.1 Å². The molecule has 0 radical (unpaired) electrons. The monoisotopic (exact) mass is 260 g/mol. The third kappa shape index (κ3) is 3.38. The molecule has 18 heavy (non-hydrogen) atoms. The SMILES string of the molecule is CC(=O)NCC(O)C(O)c1cc(F)c(N)c(F)c1. The molecule has 0 aliphatic heterocycles. The Morgan fingerprint density at radius 1 is 1.39 bits per heavy atom. The summed E-state index contributed by atoms with van der Waals surface area (Å²) >= 11 is 0. The fraction of sp³-hybridized carbons (Fsp3) is 0.364. The zero-order chi connectivity index (χ0) is 13.9. The van der Waals surface area contributed by atoms with E-state index in [1.165, 1.54) is 6.92 Å². The van der Waals surface area contributed by atoms with Crippen LogP contribution >= 0.6 is 0 Å². The van der Waals surface area contributed by atoms with Crippen molar-refractivity contribution in [2.24, 2.45) is 0 Å². The van der Waals surface area contributed by atoms with Crippen molar-refractivity contribution < 1.29 is 23.8 Å². The lowest BCUT2D eigenvalue weighted by Crippen LogP contribution is -2.34. The summed E-state index contributed by atoms with van der Waals surface area (Å²) < 4.78 is 26.3. The van der Waals surface area contributed by atoms with Crippen molar-refractivity contribution in [2.75, 3.05) is 12.3 Å². The number of aliphatic hydroxyl groups excluding tert-OH is 2. The molecule has 0 saturated carbocycles. The normalized spacial score (nSPS) is 14.1. The summed E-state index contributed by atoms with van der Waals surface area (Å²) in [6.45, 7) is 1.01. The van der Waals surface area contributed by atoms with E-state index in [9.17, 15) is 23.8 Å². The number of nitrogens with one attached hydrogen (secondary N) is 1. The van der Waals surface area contributed by atoms with E-state index in [-0.39, 0.29) is 12.1 Å². The summed E-state index contributed by atoms with van der Waals surface area (Å²) in [5.41, 5.74) is 4.27. The third-order valence-corrected chi connectivity index (χ3v) is 2.37. The van der Waals surface area contributed by atoms with Crippen molar-refractivity contribution in [3.8, 4) is 0 Å². The Balaban J connectivity index is 2.83. The number of hydrogen-bond acceptors (Lipinski definition) is 4. The molecule has 1 aromatic rings. The van der Waals surface area contributed by atoms with E-state index < -0.39 is 35.4 Å². The van der Waals surface area contributed by atoms with Gasteiger partial charge in [0.2, 0.25) is 5.91 Å². The maximum atomic E-state index is 13.2. The van der Waals surface area contributed by atoms with Gasteiger partial charge in [-0.3, -0.25) is 4.79 Å². The van der Waals surface area contributed by atoms with E-state index in [0.29, 0.717) is 0 Å². The molecule has 0 spiro atoms. The Morgan fingerprint density at radius 2 is 1.89 bits per heavy atom. The van der Waals surface area contributed by atoms with E-state index in [1.54, 1.807) is 0 Å². The molecule has 0 heterocycles. The predicted molar refractivity (Wildman–Crippen MR) is 60.4 cm³/mol. The lowest BCUT2D eigenvalue weighted by Gasteiger charge is -2.18. The largest absolute Gasteiger partial charge is 0.394 e. The van der Waals surface area contributed by atoms with Crippen LogP contribution in [0, 0.1) is 11.6 Å². The second-order valence-corrected chi connectivity index (χ2v) is 3.85. The van der Waals surface area contributed by atoms with Crippen molar-refractivity contribution in [3.63, 3.8) is 0 Å². The molecule has 0 aromatic heterocycles. The Kier molecular flexibility index (Phi) is 4.57.